The SMILES string of the molecule is COC1C(O)[C@@H](COP)O[C@H]1n1ccc(N)nc1=O. The maximum absolute atomic E-state index is 11.8. The Bertz CT molecular complexity index is 496. The largest absolute Gasteiger partial charge is 0.387 e. The average Bonchev–Trinajstić information content (AvgIpc) is 2.67. The van der Waals surface area contributed by atoms with Gasteiger partial charge >= 0.3 is 5.69 Å². The number of rotatable bonds is 4. The molecule has 19 heavy (non-hydrogen) atoms. The third-order valence-electron chi connectivity index (χ3n) is 2.97. The van der Waals surface area contributed by atoms with Gasteiger partial charge in [-0.2, -0.15) is 4.98 Å². The van der Waals surface area contributed by atoms with Crippen LogP contribution in [0, 0.1) is 0 Å². The molecular weight excluding hydrogens is 273 g/mol. The second-order valence-electron chi connectivity index (χ2n) is 4.13. The Kier molecular flexibility index (Phi) is 4.49. The van der Waals surface area contributed by atoms with Crippen molar-refractivity contribution >= 4 is 15.3 Å². The minimum atomic E-state index is -0.903. The van der Waals surface area contributed by atoms with E-state index >= 15 is 0 Å². The summed E-state index contributed by atoms with van der Waals surface area (Å²) in [5.41, 5.74) is 4.86. The molecule has 2 heterocycles. The molecule has 1 aromatic rings. The molecule has 1 aromatic heterocycles. The zero-order valence-electron chi connectivity index (χ0n) is 10.3. The van der Waals surface area contributed by atoms with Gasteiger partial charge in [0.1, 0.15) is 24.1 Å². The highest BCUT2D eigenvalue weighted by atomic mass is 31.0. The van der Waals surface area contributed by atoms with Gasteiger partial charge in [-0.15, -0.1) is 0 Å². The van der Waals surface area contributed by atoms with Crippen molar-refractivity contribution in [1.29, 1.82) is 0 Å². The van der Waals surface area contributed by atoms with E-state index in [1.807, 2.05) is 0 Å². The number of nitrogens with two attached hydrogens (primary N) is 1. The molecule has 1 fully saturated rings. The van der Waals surface area contributed by atoms with Crippen LogP contribution in [-0.2, 0) is 14.0 Å². The van der Waals surface area contributed by atoms with E-state index in [1.165, 1.54) is 23.9 Å². The molecule has 1 aliphatic rings. The van der Waals surface area contributed by atoms with E-state index in [4.69, 9.17) is 19.7 Å². The highest BCUT2D eigenvalue weighted by Crippen LogP contribution is 2.30. The summed E-state index contributed by atoms with van der Waals surface area (Å²) in [6.07, 6.45) is -1.49. The molecule has 9 heteroatoms. The Labute approximate surface area is 111 Å². The summed E-state index contributed by atoms with van der Waals surface area (Å²) in [6, 6.07) is 1.48. The zero-order chi connectivity index (χ0) is 14.0. The van der Waals surface area contributed by atoms with Crippen LogP contribution < -0.4 is 11.4 Å². The first-order valence-corrected chi connectivity index (χ1v) is 6.08. The highest BCUT2D eigenvalue weighted by molar-refractivity contribution is 7.09. The number of ether oxygens (including phenoxy) is 2. The Hall–Kier alpha value is -1.05. The Morgan fingerprint density at radius 2 is 2.42 bits per heavy atom. The first-order valence-electron chi connectivity index (χ1n) is 5.61. The molecule has 106 valence electrons. The van der Waals surface area contributed by atoms with Crippen molar-refractivity contribution in [2.45, 2.75) is 24.5 Å². The molecule has 1 aliphatic heterocycles. The number of methoxy groups -OCH3 is 1. The van der Waals surface area contributed by atoms with Gasteiger partial charge in [0.2, 0.25) is 0 Å². The Morgan fingerprint density at radius 3 is 3.00 bits per heavy atom. The van der Waals surface area contributed by atoms with Crippen LogP contribution in [0.5, 0.6) is 0 Å². The number of aromatic nitrogens is 2. The van der Waals surface area contributed by atoms with Crippen molar-refractivity contribution in [3.05, 3.63) is 22.7 Å². The molecule has 1 saturated heterocycles. The van der Waals surface area contributed by atoms with Crippen LogP contribution in [0.3, 0.4) is 0 Å². The molecule has 0 aromatic carbocycles. The first kappa shape index (κ1) is 14.4. The fourth-order valence-corrected chi connectivity index (χ4v) is 2.24. The van der Waals surface area contributed by atoms with Crippen LogP contribution in [0.15, 0.2) is 17.1 Å². The molecule has 3 unspecified atom stereocenters. The van der Waals surface area contributed by atoms with E-state index in [1.54, 1.807) is 0 Å². The lowest BCUT2D eigenvalue weighted by molar-refractivity contribution is -0.0592. The Balaban J connectivity index is 2.30. The van der Waals surface area contributed by atoms with Crippen LogP contribution in [-0.4, -0.2) is 46.7 Å². The molecule has 8 nitrogen and oxygen atoms in total. The summed E-state index contributed by atoms with van der Waals surface area (Å²) in [5.74, 6) is 0.124. The Morgan fingerprint density at radius 1 is 1.68 bits per heavy atom. The number of aliphatic hydroxyl groups excluding tert-OH is 1. The van der Waals surface area contributed by atoms with Crippen LogP contribution in [0.2, 0.25) is 0 Å². The molecule has 0 amide bonds. The van der Waals surface area contributed by atoms with Gasteiger partial charge in [0.15, 0.2) is 6.23 Å². The summed E-state index contributed by atoms with van der Waals surface area (Å²) in [6.45, 7) is 0.166. The third kappa shape index (κ3) is 2.77. The van der Waals surface area contributed by atoms with Gasteiger partial charge in [-0.25, -0.2) is 4.79 Å². The molecule has 5 atom stereocenters. The smallest absolute Gasteiger partial charge is 0.351 e. The number of hydrogen-bond acceptors (Lipinski definition) is 7. The number of aliphatic hydroxyl groups is 1. The van der Waals surface area contributed by atoms with Crippen molar-refractivity contribution < 1.29 is 19.1 Å². The van der Waals surface area contributed by atoms with Crippen LogP contribution in [0.25, 0.3) is 0 Å². The van der Waals surface area contributed by atoms with E-state index in [0.29, 0.717) is 0 Å². The van der Waals surface area contributed by atoms with E-state index in [2.05, 4.69) is 14.5 Å². The quantitative estimate of drug-likeness (QED) is 0.677. The molecule has 0 saturated carbocycles. The maximum Gasteiger partial charge on any atom is 0.351 e. The fraction of sp³-hybridized carbons (Fsp3) is 0.600. The van der Waals surface area contributed by atoms with E-state index in [-0.39, 0.29) is 12.4 Å². The van der Waals surface area contributed by atoms with Crippen LogP contribution >= 0.6 is 9.47 Å². The van der Waals surface area contributed by atoms with Gasteiger partial charge < -0.3 is 24.8 Å². The number of nitrogen functional groups attached to an aromatic ring is 1. The van der Waals surface area contributed by atoms with Gasteiger partial charge in [-0.3, -0.25) is 4.57 Å². The van der Waals surface area contributed by atoms with Crippen molar-refractivity contribution in [3.63, 3.8) is 0 Å². The van der Waals surface area contributed by atoms with Gasteiger partial charge in [0.05, 0.1) is 6.61 Å². The molecular formula is C10H16N3O5P. The van der Waals surface area contributed by atoms with Crippen molar-refractivity contribution in [3.8, 4) is 0 Å². The van der Waals surface area contributed by atoms with Crippen LogP contribution in [0.4, 0.5) is 5.82 Å². The monoisotopic (exact) mass is 289 g/mol. The lowest BCUT2D eigenvalue weighted by Gasteiger charge is -2.20. The van der Waals surface area contributed by atoms with Crippen molar-refractivity contribution in [2.75, 3.05) is 19.5 Å². The van der Waals surface area contributed by atoms with E-state index in [0.717, 1.165) is 0 Å². The van der Waals surface area contributed by atoms with Crippen LogP contribution in [0.1, 0.15) is 6.23 Å². The van der Waals surface area contributed by atoms with E-state index in [9.17, 15) is 9.90 Å². The number of anilines is 1. The van der Waals surface area contributed by atoms with Crippen molar-refractivity contribution in [2.24, 2.45) is 0 Å². The molecule has 0 radical (unpaired) electrons. The molecule has 0 aliphatic carbocycles. The normalized spacial score (nSPS) is 30.7. The summed E-state index contributed by atoms with van der Waals surface area (Å²) >= 11 is 0. The van der Waals surface area contributed by atoms with E-state index < -0.39 is 30.2 Å². The van der Waals surface area contributed by atoms with Gasteiger partial charge in [-0.1, -0.05) is 0 Å². The predicted octanol–water partition coefficient (Wildman–Crippen LogP) is -1.09. The minimum absolute atomic E-state index is 0.124. The summed E-state index contributed by atoms with van der Waals surface area (Å²) in [4.78, 5) is 15.4. The topological polar surface area (TPSA) is 109 Å². The number of hydrogen-bond donors (Lipinski definition) is 2. The molecule has 3 N–H and O–H groups in total. The lowest BCUT2D eigenvalue weighted by atomic mass is 10.1. The predicted molar refractivity (Wildman–Crippen MR) is 69.3 cm³/mol. The summed E-state index contributed by atoms with van der Waals surface area (Å²) in [5, 5.41) is 10.1. The van der Waals surface area contributed by atoms with Crippen molar-refractivity contribution in [1.82, 2.24) is 9.55 Å². The minimum Gasteiger partial charge on any atom is -0.387 e. The zero-order valence-corrected chi connectivity index (χ0v) is 11.5. The number of nitrogens with zero attached hydrogens (tertiary/aromatic N) is 2. The standard InChI is InChI=1S/C10H16N3O5P/c1-16-8-7(14)5(4-17-19)18-9(8)13-3-2-6(11)12-10(13)15/h2-3,5,7-9,14H,4,19H2,1H3,(H2,11,12,15)/t5-,7?,8?,9-/m1/s1. The van der Waals surface area contributed by atoms with Gasteiger partial charge in [-0.05, 0) is 6.07 Å². The lowest BCUT2D eigenvalue weighted by Crippen LogP contribution is -2.37. The fourth-order valence-electron chi connectivity index (χ4n) is 2.05. The third-order valence-corrected chi connectivity index (χ3v) is 3.16. The molecule has 2 rings (SSSR count). The average molecular weight is 289 g/mol. The highest BCUT2D eigenvalue weighted by Gasteiger charge is 2.45. The molecule has 0 bridgehead atoms. The van der Waals surface area contributed by atoms with Gasteiger partial charge in [0, 0.05) is 22.8 Å². The second kappa shape index (κ2) is 5.94. The molecule has 0 spiro atoms. The summed E-state index contributed by atoms with van der Waals surface area (Å²) in [7, 11) is 3.51. The summed E-state index contributed by atoms with van der Waals surface area (Å²) < 4.78 is 16.9. The maximum atomic E-state index is 11.8. The van der Waals surface area contributed by atoms with Gasteiger partial charge in [0.25, 0.3) is 0 Å². The second-order valence-corrected chi connectivity index (χ2v) is 4.46. The first-order chi connectivity index (χ1) is 9.08.